The topological polar surface area (TPSA) is 116 Å². The minimum absolute atomic E-state index is 0.269. The van der Waals surface area contributed by atoms with Gasteiger partial charge in [-0.15, -0.1) is 5.10 Å². The first-order valence-electron chi connectivity index (χ1n) is 10.2. The molecule has 4 aromatic heterocycles. The Labute approximate surface area is 173 Å². The van der Waals surface area contributed by atoms with Gasteiger partial charge in [-0.2, -0.15) is 4.52 Å². The zero-order valence-electron chi connectivity index (χ0n) is 17.4. The van der Waals surface area contributed by atoms with Crippen molar-refractivity contribution in [3.05, 3.63) is 41.6 Å². The van der Waals surface area contributed by atoms with Gasteiger partial charge >= 0.3 is 0 Å². The van der Waals surface area contributed by atoms with Crippen LogP contribution in [0.1, 0.15) is 42.7 Å². The summed E-state index contributed by atoms with van der Waals surface area (Å²) in [7, 11) is 0. The Morgan fingerprint density at radius 1 is 1.20 bits per heavy atom. The summed E-state index contributed by atoms with van der Waals surface area (Å²) in [5.74, 6) is 3.06. The highest BCUT2D eigenvalue weighted by atomic mass is 16.3. The average molecular weight is 407 g/mol. The Morgan fingerprint density at radius 3 is 2.83 bits per heavy atom. The molecule has 0 atom stereocenters. The fourth-order valence-electron chi connectivity index (χ4n) is 4.03. The van der Waals surface area contributed by atoms with Gasteiger partial charge in [0.25, 0.3) is 0 Å². The Balaban J connectivity index is 1.34. The van der Waals surface area contributed by atoms with E-state index in [9.17, 15) is 0 Å². The molecular weight excluding hydrogens is 382 g/mol. The van der Waals surface area contributed by atoms with Crippen LogP contribution in [0.25, 0.3) is 17.2 Å². The number of rotatable bonds is 5. The van der Waals surface area contributed by atoms with Crippen molar-refractivity contribution in [3.8, 4) is 11.6 Å². The summed E-state index contributed by atoms with van der Waals surface area (Å²) in [4.78, 5) is 20.3. The Hall–Kier alpha value is -3.27. The predicted octanol–water partition coefficient (Wildman–Crippen LogP) is 2.05. The number of imidazole rings is 1. The molecule has 10 nitrogen and oxygen atoms in total. The molecule has 0 unspecified atom stereocenters. The number of nitrogens with zero attached hydrogens (tertiary/aromatic N) is 8. The molecule has 5 rings (SSSR count). The number of fused-ring (bicyclic) bond motifs is 2. The maximum Gasteiger partial charge on any atom is 0.245 e. The number of anilines is 1. The summed E-state index contributed by atoms with van der Waals surface area (Å²) in [6.07, 6.45) is 5.84. The van der Waals surface area contributed by atoms with Crippen molar-refractivity contribution in [2.24, 2.45) is 0 Å². The van der Waals surface area contributed by atoms with Gasteiger partial charge in [0.2, 0.25) is 11.8 Å². The summed E-state index contributed by atoms with van der Waals surface area (Å²) < 4.78 is 9.33. The fourth-order valence-corrected chi connectivity index (χ4v) is 4.03. The number of aromatic nitrogens is 7. The molecule has 1 aliphatic heterocycles. The third kappa shape index (κ3) is 3.13. The van der Waals surface area contributed by atoms with Gasteiger partial charge in [0, 0.05) is 50.3 Å². The quantitative estimate of drug-likeness (QED) is 0.534. The second-order valence-corrected chi connectivity index (χ2v) is 7.98. The van der Waals surface area contributed by atoms with Gasteiger partial charge in [0.05, 0.1) is 11.9 Å². The van der Waals surface area contributed by atoms with Crippen molar-refractivity contribution in [1.29, 1.82) is 0 Å². The maximum atomic E-state index is 6.12. The standard InChI is InChI=1S/C20H25N9O/c1-12(2)17-23-10-14-11-27(7-8-28(14)17)6-4-15-24-18-13(3)16(19-22-5-9-30-19)25-20(21)29(18)26-15/h5,9-10,12H,4,6-8,11H2,1-3H3,(H2,21,25). The van der Waals surface area contributed by atoms with Crippen molar-refractivity contribution < 1.29 is 4.42 Å². The van der Waals surface area contributed by atoms with Gasteiger partial charge in [-0.25, -0.2) is 19.9 Å². The lowest BCUT2D eigenvalue weighted by atomic mass is 10.2. The minimum Gasteiger partial charge on any atom is -0.443 e. The van der Waals surface area contributed by atoms with Gasteiger partial charge in [0.1, 0.15) is 17.8 Å². The lowest BCUT2D eigenvalue weighted by Crippen LogP contribution is -2.35. The molecule has 0 fully saturated rings. The summed E-state index contributed by atoms with van der Waals surface area (Å²) in [6, 6.07) is 0. The summed E-state index contributed by atoms with van der Waals surface area (Å²) >= 11 is 0. The fraction of sp³-hybridized carbons (Fsp3) is 0.450. The Morgan fingerprint density at radius 2 is 2.07 bits per heavy atom. The molecule has 10 heteroatoms. The zero-order valence-corrected chi connectivity index (χ0v) is 17.4. The van der Waals surface area contributed by atoms with E-state index in [0.717, 1.165) is 44.0 Å². The second kappa shape index (κ2) is 7.21. The lowest BCUT2D eigenvalue weighted by molar-refractivity contribution is 0.220. The van der Waals surface area contributed by atoms with Crippen molar-refractivity contribution in [2.45, 2.75) is 46.2 Å². The Kier molecular flexibility index (Phi) is 4.50. The van der Waals surface area contributed by atoms with Gasteiger partial charge in [-0.05, 0) is 6.92 Å². The normalized spacial score (nSPS) is 14.7. The molecule has 0 aliphatic carbocycles. The number of aryl methyl sites for hydroxylation is 1. The van der Waals surface area contributed by atoms with E-state index in [1.54, 1.807) is 10.7 Å². The van der Waals surface area contributed by atoms with Crippen LogP contribution in [-0.2, 0) is 19.5 Å². The van der Waals surface area contributed by atoms with E-state index in [-0.39, 0.29) is 5.95 Å². The van der Waals surface area contributed by atoms with Crippen LogP contribution in [0.2, 0.25) is 0 Å². The molecule has 30 heavy (non-hydrogen) atoms. The van der Waals surface area contributed by atoms with Gasteiger partial charge < -0.3 is 14.7 Å². The van der Waals surface area contributed by atoms with Crippen molar-refractivity contribution in [1.82, 2.24) is 39.0 Å². The highest BCUT2D eigenvalue weighted by Gasteiger charge is 2.22. The lowest BCUT2D eigenvalue weighted by Gasteiger charge is -2.29. The van der Waals surface area contributed by atoms with Gasteiger partial charge in [0.15, 0.2) is 11.5 Å². The molecule has 0 aromatic carbocycles. The third-order valence-corrected chi connectivity index (χ3v) is 5.58. The molecule has 0 radical (unpaired) electrons. The van der Waals surface area contributed by atoms with Crippen LogP contribution in [0, 0.1) is 6.92 Å². The first kappa shape index (κ1) is 18.7. The smallest absolute Gasteiger partial charge is 0.245 e. The number of nitrogen functional groups attached to an aromatic ring is 1. The van der Waals surface area contributed by atoms with Crippen LogP contribution in [0.15, 0.2) is 23.1 Å². The van der Waals surface area contributed by atoms with Crippen molar-refractivity contribution in [3.63, 3.8) is 0 Å². The van der Waals surface area contributed by atoms with Gasteiger partial charge in [-0.1, -0.05) is 13.8 Å². The largest absolute Gasteiger partial charge is 0.443 e. The van der Waals surface area contributed by atoms with Crippen LogP contribution in [0.5, 0.6) is 0 Å². The first-order valence-corrected chi connectivity index (χ1v) is 10.2. The molecule has 4 aromatic rings. The SMILES string of the molecule is Cc1c(-c2ncco2)nc(N)n2nc(CCN3CCn4c(cnc4C(C)C)C3)nc12. The molecular formula is C20H25N9O. The van der Waals surface area contributed by atoms with E-state index < -0.39 is 0 Å². The van der Waals surface area contributed by atoms with Crippen molar-refractivity contribution in [2.75, 3.05) is 18.8 Å². The molecule has 156 valence electrons. The van der Waals surface area contributed by atoms with E-state index in [4.69, 9.17) is 15.1 Å². The monoisotopic (exact) mass is 407 g/mol. The van der Waals surface area contributed by atoms with Crippen LogP contribution in [-0.4, -0.2) is 52.1 Å². The zero-order chi connectivity index (χ0) is 20.8. The molecule has 1 aliphatic rings. The predicted molar refractivity (Wildman–Crippen MR) is 111 cm³/mol. The molecule has 0 saturated heterocycles. The molecule has 2 N–H and O–H groups in total. The Bertz CT molecular complexity index is 1190. The summed E-state index contributed by atoms with van der Waals surface area (Å²) in [5.41, 5.74) is 9.51. The summed E-state index contributed by atoms with van der Waals surface area (Å²) in [6.45, 7) is 10.0. The highest BCUT2D eigenvalue weighted by Crippen LogP contribution is 2.24. The van der Waals surface area contributed by atoms with Crippen LogP contribution < -0.4 is 5.73 Å². The summed E-state index contributed by atoms with van der Waals surface area (Å²) in [5, 5.41) is 4.57. The number of oxazole rings is 1. The molecule has 5 heterocycles. The van der Waals surface area contributed by atoms with E-state index in [1.807, 2.05) is 13.1 Å². The van der Waals surface area contributed by atoms with E-state index in [1.165, 1.54) is 17.8 Å². The highest BCUT2D eigenvalue weighted by molar-refractivity contribution is 5.65. The first-order chi connectivity index (χ1) is 14.5. The minimum atomic E-state index is 0.269. The van der Waals surface area contributed by atoms with E-state index in [0.29, 0.717) is 23.1 Å². The van der Waals surface area contributed by atoms with E-state index in [2.05, 4.69) is 43.4 Å². The molecule has 0 spiro atoms. The van der Waals surface area contributed by atoms with Crippen LogP contribution in [0.3, 0.4) is 0 Å². The number of hydrogen-bond acceptors (Lipinski definition) is 8. The molecule has 0 bridgehead atoms. The maximum absolute atomic E-state index is 6.12. The average Bonchev–Trinajstić information content (AvgIpc) is 3.48. The molecule has 0 saturated carbocycles. The second-order valence-electron chi connectivity index (χ2n) is 7.98. The molecule has 0 amide bonds. The van der Waals surface area contributed by atoms with Crippen LogP contribution >= 0.6 is 0 Å². The van der Waals surface area contributed by atoms with E-state index >= 15 is 0 Å². The number of nitrogens with two attached hydrogens (primary N) is 1. The van der Waals surface area contributed by atoms with Gasteiger partial charge in [-0.3, -0.25) is 4.90 Å². The van der Waals surface area contributed by atoms with Crippen LogP contribution in [0.4, 0.5) is 5.95 Å². The van der Waals surface area contributed by atoms with Crippen molar-refractivity contribution >= 4 is 11.6 Å². The number of hydrogen-bond donors (Lipinski definition) is 1. The third-order valence-electron chi connectivity index (χ3n) is 5.58.